The first kappa shape index (κ1) is 30.7. The molecule has 3 heteroatoms. The normalized spacial score (nSPS) is 24.9. The first-order valence-corrected chi connectivity index (χ1v) is 16.9. The molecule has 3 aliphatic rings. The molecule has 0 radical (unpaired) electrons. The number of rotatable bonds is 5. The molecule has 47 heavy (non-hydrogen) atoms. The van der Waals surface area contributed by atoms with Crippen LogP contribution in [0.2, 0.25) is 0 Å². The molecule has 234 valence electrons. The minimum Gasteiger partial charge on any atom is -0.400 e. The van der Waals surface area contributed by atoms with Crippen molar-refractivity contribution in [2.75, 3.05) is 0 Å². The molecule has 4 aromatic carbocycles. The highest BCUT2D eigenvalue weighted by molar-refractivity contribution is 5.95. The second kappa shape index (κ2) is 11.7. The first-order valence-electron chi connectivity index (χ1n) is 16.9. The van der Waals surface area contributed by atoms with E-state index in [2.05, 4.69) is 150 Å². The Labute approximate surface area is 279 Å². The molecule has 1 saturated carbocycles. The predicted octanol–water partition coefficient (Wildman–Crippen LogP) is 11.6. The number of hydrogen-bond acceptors (Lipinski definition) is 2. The topological polar surface area (TPSA) is 42.7 Å². The van der Waals surface area contributed by atoms with Crippen LogP contribution in [0, 0.1) is 23.3 Å². The molecule has 0 amide bonds. The molecule has 2 N–H and O–H groups in total. The minimum atomic E-state index is -0.582. The highest BCUT2D eigenvalue weighted by Crippen LogP contribution is 2.55. The van der Waals surface area contributed by atoms with Gasteiger partial charge in [0.25, 0.3) is 6.07 Å². The second-order valence-corrected chi connectivity index (χ2v) is 14.3. The van der Waals surface area contributed by atoms with E-state index in [9.17, 15) is 0 Å². The molecule has 0 aromatic heterocycles. The Morgan fingerprint density at radius 2 is 1.57 bits per heavy atom. The van der Waals surface area contributed by atoms with Gasteiger partial charge in [0.1, 0.15) is 5.41 Å². The van der Waals surface area contributed by atoms with E-state index in [4.69, 9.17) is 15.6 Å². The Morgan fingerprint density at radius 1 is 0.936 bits per heavy atom. The molecule has 7 rings (SSSR count). The van der Waals surface area contributed by atoms with Crippen LogP contribution >= 0.6 is 0 Å². The van der Waals surface area contributed by atoms with Gasteiger partial charge in [-0.25, -0.2) is 0 Å². The van der Waals surface area contributed by atoms with Gasteiger partial charge >= 0.3 is 5.69 Å². The quantitative estimate of drug-likeness (QED) is 0.176. The molecule has 4 atom stereocenters. The van der Waals surface area contributed by atoms with E-state index >= 15 is 0 Å². The summed E-state index contributed by atoms with van der Waals surface area (Å²) in [5.41, 5.74) is 14.9. The molecular formula is C44H44N3+. The molecule has 0 spiro atoms. The zero-order valence-corrected chi connectivity index (χ0v) is 28.1. The van der Waals surface area contributed by atoms with E-state index in [-0.39, 0.29) is 17.8 Å². The van der Waals surface area contributed by atoms with Crippen molar-refractivity contribution in [2.45, 2.75) is 58.3 Å². The summed E-state index contributed by atoms with van der Waals surface area (Å²) in [6.07, 6.45) is 13.8. The van der Waals surface area contributed by atoms with Crippen LogP contribution in [0.15, 0.2) is 138 Å². The van der Waals surface area contributed by atoms with Crippen LogP contribution in [-0.2, 0) is 5.41 Å². The van der Waals surface area contributed by atoms with E-state index in [1.54, 1.807) is 0 Å². The third-order valence-corrected chi connectivity index (χ3v) is 10.8. The van der Waals surface area contributed by atoms with E-state index in [1.165, 1.54) is 38.2 Å². The monoisotopic (exact) mass is 614 g/mol. The standard InChI is InChI=1S/C44H44N3/c1-7-13-29(28(3)4)21-38-35-18-34(37-22-30-14-9-11-16-32(30)24-40(37)46-26-43(5,6)42(38)45)19-36(20-35)44(8-2)27-47-41-25-33-17-12-10-15-31(33)23-39(41)44/h7-17,21-25,27,34-36H,2-3,18-20,45H2,1,4-6H3/q+1. The average molecular weight is 615 g/mol. The average Bonchev–Trinajstić information content (AvgIpc) is 3.45. The van der Waals surface area contributed by atoms with Gasteiger partial charge in [-0.15, -0.1) is 6.58 Å². The molecule has 4 aromatic rings. The Bertz CT molecular complexity index is 2140. The number of allylic oxidation sites excluding steroid dienone is 8. The zero-order chi connectivity index (χ0) is 32.9. The Balaban J connectivity index is 1.47. The van der Waals surface area contributed by atoms with Crippen molar-refractivity contribution in [3.8, 4) is 6.07 Å². The Morgan fingerprint density at radius 3 is 2.23 bits per heavy atom. The third kappa shape index (κ3) is 5.27. The highest BCUT2D eigenvalue weighted by atomic mass is 14.8. The molecule has 2 bridgehead atoms. The largest absolute Gasteiger partial charge is 0.400 e. The number of aliphatic imine (C=N–C) groups is 1. The highest BCUT2D eigenvalue weighted by Gasteiger charge is 2.48. The molecule has 2 heterocycles. The van der Waals surface area contributed by atoms with Crippen LogP contribution in [0.25, 0.3) is 26.4 Å². The van der Waals surface area contributed by atoms with E-state index in [1.807, 2.05) is 0 Å². The van der Waals surface area contributed by atoms with Gasteiger partial charge in [-0.1, -0.05) is 78.9 Å². The second-order valence-electron chi connectivity index (χ2n) is 14.3. The van der Waals surface area contributed by atoms with Gasteiger partial charge in [0.2, 0.25) is 0 Å². The van der Waals surface area contributed by atoms with E-state index < -0.39 is 10.8 Å². The van der Waals surface area contributed by atoms with Gasteiger partial charge in [0.05, 0.1) is 11.1 Å². The lowest BCUT2D eigenvalue weighted by Crippen LogP contribution is -2.39. The van der Waals surface area contributed by atoms with Gasteiger partial charge in [0, 0.05) is 23.5 Å². The number of nitrogens with zero attached hydrogens (tertiary/aromatic N) is 2. The molecule has 4 unspecified atom stereocenters. The van der Waals surface area contributed by atoms with Gasteiger partial charge in [-0.2, -0.15) is 0 Å². The lowest BCUT2D eigenvalue weighted by Gasteiger charge is -2.43. The molecule has 1 aliphatic carbocycles. The van der Waals surface area contributed by atoms with Crippen molar-refractivity contribution in [2.24, 2.45) is 28.0 Å². The van der Waals surface area contributed by atoms with Gasteiger partial charge in [-0.05, 0) is 132 Å². The van der Waals surface area contributed by atoms with E-state index in [0.717, 1.165) is 47.5 Å². The summed E-state index contributed by atoms with van der Waals surface area (Å²) in [7, 11) is 0. The smallest absolute Gasteiger partial charge is 0.344 e. The first-order chi connectivity index (χ1) is 22.6. The molecule has 2 aliphatic heterocycles. The summed E-state index contributed by atoms with van der Waals surface area (Å²) in [5, 5.41) is 4.87. The Kier molecular flexibility index (Phi) is 7.64. The lowest BCUT2D eigenvalue weighted by atomic mass is 9.59. The van der Waals surface area contributed by atoms with Crippen molar-refractivity contribution in [3.63, 3.8) is 0 Å². The number of nitrogens with two attached hydrogens (primary N) is 1. The summed E-state index contributed by atoms with van der Waals surface area (Å²) in [5.74, 6) is 0.702. The van der Waals surface area contributed by atoms with Crippen LogP contribution in [0.1, 0.15) is 64.0 Å². The fourth-order valence-electron chi connectivity index (χ4n) is 8.17. The summed E-state index contributed by atoms with van der Waals surface area (Å²) in [4.78, 5) is 10.2. The summed E-state index contributed by atoms with van der Waals surface area (Å²) < 4.78 is 0. The van der Waals surface area contributed by atoms with Gasteiger partial charge in [0.15, 0.2) is 0 Å². The SMILES string of the molecule is C=CC1(C2CC3CC(C2)c2cc4ccccc4cc2[N+]#CC(C)(C)C(N)=C3C=C(C=CC)C(=C)C)C=Nc2cc3ccccc3cc21. The van der Waals surface area contributed by atoms with Crippen molar-refractivity contribution in [3.05, 3.63) is 149 Å². The molecular weight excluding hydrogens is 571 g/mol. The van der Waals surface area contributed by atoms with Crippen LogP contribution in [0.3, 0.4) is 0 Å². The summed E-state index contributed by atoms with van der Waals surface area (Å²) >= 11 is 0. The van der Waals surface area contributed by atoms with Crippen LogP contribution in [0.5, 0.6) is 0 Å². The predicted molar refractivity (Wildman–Crippen MR) is 201 cm³/mol. The van der Waals surface area contributed by atoms with Crippen molar-refractivity contribution in [1.82, 2.24) is 0 Å². The van der Waals surface area contributed by atoms with Crippen molar-refractivity contribution >= 4 is 39.1 Å². The molecule has 0 saturated heterocycles. The number of fused-ring (bicyclic) bond motifs is 7. The maximum absolute atomic E-state index is 7.25. The summed E-state index contributed by atoms with van der Waals surface area (Å²) in [6, 6.07) is 29.9. The summed E-state index contributed by atoms with van der Waals surface area (Å²) in [6.45, 7) is 17.2. The third-order valence-electron chi connectivity index (χ3n) is 10.8. The van der Waals surface area contributed by atoms with Gasteiger partial charge < -0.3 is 5.73 Å². The molecule has 1 fully saturated rings. The fourth-order valence-corrected chi connectivity index (χ4v) is 8.17. The van der Waals surface area contributed by atoms with Crippen LogP contribution in [-0.4, -0.2) is 6.21 Å². The maximum Gasteiger partial charge on any atom is 0.344 e. The van der Waals surface area contributed by atoms with Crippen LogP contribution in [0.4, 0.5) is 11.4 Å². The Hall–Kier alpha value is -4.94. The number of benzene rings is 4. The zero-order valence-electron chi connectivity index (χ0n) is 28.1. The van der Waals surface area contributed by atoms with E-state index in [0.29, 0.717) is 0 Å². The maximum atomic E-state index is 7.25. The number of hydrogen-bond donors (Lipinski definition) is 1. The van der Waals surface area contributed by atoms with Crippen molar-refractivity contribution in [1.29, 1.82) is 0 Å². The van der Waals surface area contributed by atoms with Gasteiger partial charge in [-0.3, -0.25) is 4.99 Å². The van der Waals surface area contributed by atoms with Crippen molar-refractivity contribution < 1.29 is 0 Å². The minimum absolute atomic E-state index is 0.201. The molecule has 3 nitrogen and oxygen atoms in total. The fraction of sp³-hybridized carbons (Fsp3) is 0.273. The van der Waals surface area contributed by atoms with Crippen LogP contribution < -0.4 is 5.73 Å². The lowest BCUT2D eigenvalue weighted by molar-refractivity contribution is 0.228.